The molecule has 0 aliphatic heterocycles. The smallest absolute Gasteiger partial charge is 0.255 e. The zero-order chi connectivity index (χ0) is 20.6. The predicted octanol–water partition coefficient (Wildman–Crippen LogP) is 4.46. The van der Waals surface area contributed by atoms with Gasteiger partial charge in [-0.05, 0) is 41.5 Å². The Morgan fingerprint density at radius 3 is 2.31 bits per heavy atom. The predicted molar refractivity (Wildman–Crippen MR) is 114 cm³/mol. The Kier molecular flexibility index (Phi) is 6.87. The van der Waals surface area contributed by atoms with Gasteiger partial charge in [0.25, 0.3) is 5.91 Å². The van der Waals surface area contributed by atoms with Crippen molar-refractivity contribution in [3.05, 3.63) is 94.5 Å². The van der Waals surface area contributed by atoms with Crippen molar-refractivity contribution < 1.29 is 14.3 Å². The maximum Gasteiger partial charge on any atom is 0.255 e. The molecule has 0 aliphatic carbocycles. The molecular formula is C23H21ClN2O3. The summed E-state index contributed by atoms with van der Waals surface area (Å²) >= 11 is 6.07. The molecule has 3 aromatic rings. The number of carbonyl (C=O) groups excluding carboxylic acids is 2. The van der Waals surface area contributed by atoms with Gasteiger partial charge in [0.2, 0.25) is 5.91 Å². The van der Waals surface area contributed by atoms with Gasteiger partial charge < -0.3 is 15.4 Å². The third kappa shape index (κ3) is 5.83. The molecule has 0 radical (unpaired) electrons. The third-order valence-corrected chi connectivity index (χ3v) is 4.62. The second-order valence-corrected chi connectivity index (χ2v) is 6.85. The van der Waals surface area contributed by atoms with Crippen molar-refractivity contribution in [2.75, 3.05) is 12.4 Å². The molecule has 0 fully saturated rings. The van der Waals surface area contributed by atoms with Crippen LogP contribution in [0, 0.1) is 0 Å². The van der Waals surface area contributed by atoms with Gasteiger partial charge in [0, 0.05) is 17.8 Å². The van der Waals surface area contributed by atoms with Crippen LogP contribution in [0.25, 0.3) is 0 Å². The van der Waals surface area contributed by atoms with E-state index in [2.05, 4.69) is 10.6 Å². The molecule has 0 aromatic heterocycles. The lowest BCUT2D eigenvalue weighted by Gasteiger charge is -2.09. The van der Waals surface area contributed by atoms with Crippen LogP contribution in [-0.4, -0.2) is 18.9 Å². The van der Waals surface area contributed by atoms with E-state index in [0.717, 1.165) is 11.1 Å². The number of amides is 2. The lowest BCUT2D eigenvalue weighted by molar-refractivity contribution is -0.120. The molecule has 0 atom stereocenters. The average Bonchev–Trinajstić information content (AvgIpc) is 2.74. The van der Waals surface area contributed by atoms with E-state index in [1.54, 1.807) is 30.3 Å². The number of benzene rings is 3. The highest BCUT2D eigenvalue weighted by Gasteiger charge is 2.10. The van der Waals surface area contributed by atoms with Crippen LogP contribution in [0.15, 0.2) is 72.8 Å². The monoisotopic (exact) mass is 408 g/mol. The summed E-state index contributed by atoms with van der Waals surface area (Å²) in [6.45, 7) is 0.498. The molecule has 2 amide bonds. The third-order valence-electron chi connectivity index (χ3n) is 4.32. The van der Waals surface area contributed by atoms with Crippen LogP contribution in [-0.2, 0) is 17.8 Å². The molecule has 0 saturated heterocycles. The number of halogens is 1. The number of methoxy groups -OCH3 is 1. The average molecular weight is 409 g/mol. The van der Waals surface area contributed by atoms with Gasteiger partial charge in [0.1, 0.15) is 5.75 Å². The van der Waals surface area contributed by atoms with Gasteiger partial charge in [-0.2, -0.15) is 0 Å². The maximum atomic E-state index is 12.4. The molecule has 0 bridgehead atoms. The standard InChI is InChI=1S/C23H21ClN2O3/c1-29-21-12-9-18(14-20(21)24)23(28)26-19-10-7-16(8-11-19)13-22(27)25-15-17-5-3-2-4-6-17/h2-12,14H,13,15H2,1H3,(H,25,27)(H,26,28). The van der Waals surface area contributed by atoms with E-state index in [-0.39, 0.29) is 18.2 Å². The van der Waals surface area contributed by atoms with E-state index < -0.39 is 0 Å². The quantitative estimate of drug-likeness (QED) is 0.606. The summed E-state index contributed by atoms with van der Waals surface area (Å²) in [5, 5.41) is 6.08. The van der Waals surface area contributed by atoms with Crippen LogP contribution < -0.4 is 15.4 Å². The number of ether oxygens (including phenoxy) is 1. The Morgan fingerprint density at radius 2 is 1.66 bits per heavy atom. The molecule has 29 heavy (non-hydrogen) atoms. The van der Waals surface area contributed by atoms with Gasteiger partial charge in [-0.1, -0.05) is 54.1 Å². The molecule has 148 valence electrons. The van der Waals surface area contributed by atoms with Crippen molar-refractivity contribution in [2.24, 2.45) is 0 Å². The van der Waals surface area contributed by atoms with Crippen LogP contribution in [0.3, 0.4) is 0 Å². The highest BCUT2D eigenvalue weighted by atomic mass is 35.5. The number of carbonyl (C=O) groups is 2. The molecule has 6 heteroatoms. The lowest BCUT2D eigenvalue weighted by atomic mass is 10.1. The fourth-order valence-electron chi connectivity index (χ4n) is 2.76. The van der Waals surface area contributed by atoms with Gasteiger partial charge in [-0.25, -0.2) is 0 Å². The summed E-state index contributed by atoms with van der Waals surface area (Å²) in [4.78, 5) is 24.5. The van der Waals surface area contributed by atoms with Gasteiger partial charge >= 0.3 is 0 Å². The van der Waals surface area contributed by atoms with Crippen molar-refractivity contribution in [1.82, 2.24) is 5.32 Å². The fourth-order valence-corrected chi connectivity index (χ4v) is 3.02. The van der Waals surface area contributed by atoms with Crippen LogP contribution in [0.4, 0.5) is 5.69 Å². The van der Waals surface area contributed by atoms with Gasteiger partial charge in [0.15, 0.2) is 0 Å². The van der Waals surface area contributed by atoms with Crippen LogP contribution in [0.2, 0.25) is 5.02 Å². The Morgan fingerprint density at radius 1 is 0.931 bits per heavy atom. The van der Waals surface area contributed by atoms with Crippen molar-refractivity contribution >= 4 is 29.1 Å². The van der Waals surface area contributed by atoms with Gasteiger partial charge in [-0.3, -0.25) is 9.59 Å². The molecular weight excluding hydrogens is 388 g/mol. The van der Waals surface area contributed by atoms with E-state index in [0.29, 0.717) is 28.6 Å². The van der Waals surface area contributed by atoms with E-state index in [1.807, 2.05) is 42.5 Å². The molecule has 0 saturated carbocycles. The second kappa shape index (κ2) is 9.75. The van der Waals surface area contributed by atoms with E-state index in [9.17, 15) is 9.59 Å². The summed E-state index contributed by atoms with van der Waals surface area (Å²) < 4.78 is 5.09. The van der Waals surface area contributed by atoms with Crippen molar-refractivity contribution in [3.63, 3.8) is 0 Å². The normalized spacial score (nSPS) is 10.3. The summed E-state index contributed by atoms with van der Waals surface area (Å²) in [5.74, 6) is 0.180. The first-order valence-corrected chi connectivity index (χ1v) is 9.47. The Hall–Kier alpha value is -3.31. The summed E-state index contributed by atoms with van der Waals surface area (Å²) in [5.41, 5.74) is 2.98. The van der Waals surface area contributed by atoms with E-state index in [4.69, 9.17) is 16.3 Å². The Balaban J connectivity index is 1.53. The summed E-state index contributed by atoms with van der Waals surface area (Å²) in [6.07, 6.45) is 0.273. The molecule has 0 heterocycles. The minimum atomic E-state index is -0.275. The van der Waals surface area contributed by atoms with Crippen molar-refractivity contribution in [1.29, 1.82) is 0 Å². The second-order valence-electron chi connectivity index (χ2n) is 6.44. The topological polar surface area (TPSA) is 67.4 Å². The van der Waals surface area contributed by atoms with Crippen molar-refractivity contribution in [2.45, 2.75) is 13.0 Å². The molecule has 2 N–H and O–H groups in total. The Bertz CT molecular complexity index is 989. The number of anilines is 1. The molecule has 0 unspecified atom stereocenters. The van der Waals surface area contributed by atoms with E-state index >= 15 is 0 Å². The lowest BCUT2D eigenvalue weighted by Crippen LogP contribution is -2.24. The zero-order valence-electron chi connectivity index (χ0n) is 15.9. The summed E-state index contributed by atoms with van der Waals surface area (Å²) in [7, 11) is 1.52. The van der Waals surface area contributed by atoms with Crippen LogP contribution in [0.1, 0.15) is 21.5 Å². The maximum absolute atomic E-state index is 12.4. The Labute approximate surface area is 174 Å². The minimum absolute atomic E-state index is 0.0569. The van der Waals surface area contributed by atoms with Crippen LogP contribution >= 0.6 is 11.6 Å². The van der Waals surface area contributed by atoms with Crippen LogP contribution in [0.5, 0.6) is 5.75 Å². The molecule has 0 aliphatic rings. The number of hydrogen-bond donors (Lipinski definition) is 2. The number of nitrogens with one attached hydrogen (secondary N) is 2. The minimum Gasteiger partial charge on any atom is -0.495 e. The highest BCUT2D eigenvalue weighted by Crippen LogP contribution is 2.25. The highest BCUT2D eigenvalue weighted by molar-refractivity contribution is 6.32. The zero-order valence-corrected chi connectivity index (χ0v) is 16.7. The molecule has 3 rings (SSSR count). The fraction of sp³-hybridized carbons (Fsp3) is 0.130. The first kappa shape index (κ1) is 20.4. The molecule has 3 aromatic carbocycles. The van der Waals surface area contributed by atoms with Crippen molar-refractivity contribution in [3.8, 4) is 5.75 Å². The first-order chi connectivity index (χ1) is 14.0. The van der Waals surface area contributed by atoms with Gasteiger partial charge in [-0.15, -0.1) is 0 Å². The van der Waals surface area contributed by atoms with Gasteiger partial charge in [0.05, 0.1) is 18.6 Å². The molecule has 0 spiro atoms. The number of hydrogen-bond acceptors (Lipinski definition) is 3. The largest absolute Gasteiger partial charge is 0.495 e. The summed E-state index contributed by atoms with van der Waals surface area (Å²) in [6, 6.07) is 21.8. The van der Waals surface area contributed by atoms with E-state index in [1.165, 1.54) is 7.11 Å². The number of rotatable bonds is 7. The SMILES string of the molecule is COc1ccc(C(=O)Nc2ccc(CC(=O)NCc3ccccc3)cc2)cc1Cl. The molecule has 5 nitrogen and oxygen atoms in total. The first-order valence-electron chi connectivity index (χ1n) is 9.09.